The summed E-state index contributed by atoms with van der Waals surface area (Å²) in [6, 6.07) is 14.5. The molecular weight excluding hydrogens is 370 g/mol. The Morgan fingerprint density at radius 3 is 2.59 bits per heavy atom. The van der Waals surface area contributed by atoms with Gasteiger partial charge >= 0.3 is 0 Å². The number of likely N-dealkylation sites (tertiary alicyclic amines) is 1. The minimum atomic E-state index is -0.765. The van der Waals surface area contributed by atoms with E-state index in [1.54, 1.807) is 36.2 Å². The summed E-state index contributed by atoms with van der Waals surface area (Å²) in [4.78, 5) is 40.5. The lowest BCUT2D eigenvalue weighted by Gasteiger charge is -2.34. The number of fused-ring (bicyclic) bond motifs is 1. The maximum absolute atomic E-state index is 13.2. The van der Waals surface area contributed by atoms with Crippen LogP contribution in [0.5, 0.6) is 5.75 Å². The Morgan fingerprint density at radius 1 is 1.14 bits per heavy atom. The largest absolute Gasteiger partial charge is 0.477 e. The zero-order valence-electron chi connectivity index (χ0n) is 16.3. The van der Waals surface area contributed by atoms with Crippen LogP contribution in [0.1, 0.15) is 28.8 Å². The SMILES string of the molecule is CNC(=O)[C@@H]1CN(C(=O)c2ccc(CN3CCCC3=O)cc2)c2ccccc2O1. The minimum Gasteiger partial charge on any atom is -0.477 e. The number of likely N-dealkylation sites (N-methyl/N-ethyl adjacent to an activating group) is 1. The average molecular weight is 393 g/mol. The van der Waals surface area contributed by atoms with Gasteiger partial charge in [-0.1, -0.05) is 24.3 Å². The zero-order chi connectivity index (χ0) is 20.4. The first-order valence-electron chi connectivity index (χ1n) is 9.72. The van der Waals surface area contributed by atoms with Crippen LogP contribution in [0.15, 0.2) is 48.5 Å². The molecule has 7 nitrogen and oxygen atoms in total. The first-order chi connectivity index (χ1) is 14.1. The average Bonchev–Trinajstić information content (AvgIpc) is 3.16. The number of carbonyl (C=O) groups excluding carboxylic acids is 3. The fourth-order valence-electron chi connectivity index (χ4n) is 3.72. The van der Waals surface area contributed by atoms with Crippen molar-refractivity contribution in [2.75, 3.05) is 25.0 Å². The highest BCUT2D eigenvalue weighted by molar-refractivity contribution is 6.07. The van der Waals surface area contributed by atoms with Crippen molar-refractivity contribution in [1.82, 2.24) is 10.2 Å². The van der Waals surface area contributed by atoms with Crippen LogP contribution in [0.25, 0.3) is 0 Å². The van der Waals surface area contributed by atoms with Crippen molar-refractivity contribution >= 4 is 23.4 Å². The number of rotatable bonds is 4. The van der Waals surface area contributed by atoms with Crippen molar-refractivity contribution in [2.45, 2.75) is 25.5 Å². The first-order valence-corrected chi connectivity index (χ1v) is 9.72. The molecule has 1 atom stereocenters. The van der Waals surface area contributed by atoms with Crippen molar-refractivity contribution in [1.29, 1.82) is 0 Å². The van der Waals surface area contributed by atoms with Gasteiger partial charge in [-0.2, -0.15) is 0 Å². The fourth-order valence-corrected chi connectivity index (χ4v) is 3.72. The maximum Gasteiger partial charge on any atom is 0.262 e. The lowest BCUT2D eigenvalue weighted by atomic mass is 10.1. The van der Waals surface area contributed by atoms with Gasteiger partial charge in [-0.05, 0) is 36.2 Å². The normalized spacial score (nSPS) is 18.2. The van der Waals surface area contributed by atoms with Crippen LogP contribution < -0.4 is 15.0 Å². The highest BCUT2D eigenvalue weighted by atomic mass is 16.5. The van der Waals surface area contributed by atoms with E-state index in [-0.39, 0.29) is 24.3 Å². The van der Waals surface area contributed by atoms with Gasteiger partial charge in [0.2, 0.25) is 5.91 Å². The number of anilines is 1. The Hall–Kier alpha value is -3.35. The molecule has 1 N–H and O–H groups in total. The van der Waals surface area contributed by atoms with Gasteiger partial charge in [0.1, 0.15) is 5.75 Å². The summed E-state index contributed by atoms with van der Waals surface area (Å²) in [7, 11) is 1.54. The molecule has 0 saturated carbocycles. The highest BCUT2D eigenvalue weighted by Crippen LogP contribution is 2.34. The molecule has 2 aromatic rings. The molecule has 0 spiro atoms. The molecule has 1 saturated heterocycles. The maximum atomic E-state index is 13.2. The summed E-state index contributed by atoms with van der Waals surface area (Å²) in [5.74, 6) is 0.210. The molecule has 2 aliphatic heterocycles. The zero-order valence-corrected chi connectivity index (χ0v) is 16.3. The molecule has 150 valence electrons. The van der Waals surface area contributed by atoms with E-state index < -0.39 is 6.10 Å². The molecule has 7 heteroatoms. The summed E-state index contributed by atoms with van der Waals surface area (Å²) in [5.41, 5.74) is 2.15. The Balaban J connectivity index is 1.55. The second-order valence-electron chi connectivity index (χ2n) is 7.22. The molecule has 1 fully saturated rings. The predicted octanol–water partition coefficient (Wildman–Crippen LogP) is 1.96. The molecule has 2 aliphatic rings. The van der Waals surface area contributed by atoms with Gasteiger partial charge < -0.3 is 19.9 Å². The summed E-state index contributed by atoms with van der Waals surface area (Å²) in [5, 5.41) is 2.58. The van der Waals surface area contributed by atoms with Crippen molar-refractivity contribution in [2.24, 2.45) is 0 Å². The van der Waals surface area contributed by atoms with Crippen LogP contribution in [-0.2, 0) is 16.1 Å². The third kappa shape index (κ3) is 3.81. The number of ether oxygens (including phenoxy) is 1. The van der Waals surface area contributed by atoms with Crippen LogP contribution in [0.4, 0.5) is 5.69 Å². The molecule has 29 heavy (non-hydrogen) atoms. The summed E-state index contributed by atoms with van der Waals surface area (Å²) in [6.07, 6.45) is 0.747. The van der Waals surface area contributed by atoms with Crippen molar-refractivity contribution < 1.29 is 19.1 Å². The minimum absolute atomic E-state index is 0.138. The molecule has 0 radical (unpaired) electrons. The van der Waals surface area contributed by atoms with E-state index >= 15 is 0 Å². The molecule has 2 aromatic carbocycles. The highest BCUT2D eigenvalue weighted by Gasteiger charge is 2.33. The van der Waals surface area contributed by atoms with E-state index in [0.29, 0.717) is 30.0 Å². The van der Waals surface area contributed by atoms with E-state index in [2.05, 4.69) is 5.32 Å². The van der Waals surface area contributed by atoms with Crippen molar-refractivity contribution in [3.8, 4) is 5.75 Å². The van der Waals surface area contributed by atoms with Crippen LogP contribution in [-0.4, -0.2) is 48.9 Å². The van der Waals surface area contributed by atoms with Crippen molar-refractivity contribution in [3.63, 3.8) is 0 Å². The van der Waals surface area contributed by atoms with Crippen molar-refractivity contribution in [3.05, 3.63) is 59.7 Å². The smallest absolute Gasteiger partial charge is 0.262 e. The second-order valence-corrected chi connectivity index (χ2v) is 7.22. The van der Waals surface area contributed by atoms with Crippen LogP contribution in [0.2, 0.25) is 0 Å². The summed E-state index contributed by atoms with van der Waals surface area (Å²) >= 11 is 0. The number of benzene rings is 2. The van der Waals surface area contributed by atoms with Gasteiger partial charge in [0.25, 0.3) is 11.8 Å². The quantitative estimate of drug-likeness (QED) is 0.861. The van der Waals surface area contributed by atoms with Crippen LogP contribution in [0, 0.1) is 0 Å². The first kappa shape index (κ1) is 19.0. The topological polar surface area (TPSA) is 79.0 Å². The molecule has 0 aliphatic carbocycles. The Morgan fingerprint density at radius 2 is 1.90 bits per heavy atom. The van der Waals surface area contributed by atoms with Crippen LogP contribution in [0.3, 0.4) is 0 Å². The van der Waals surface area contributed by atoms with E-state index in [1.165, 1.54) is 0 Å². The molecule has 0 unspecified atom stereocenters. The Kier molecular flexibility index (Phi) is 5.20. The number of para-hydroxylation sites is 2. The number of amides is 3. The van der Waals surface area contributed by atoms with Crippen LogP contribution >= 0.6 is 0 Å². The van der Waals surface area contributed by atoms with E-state index in [9.17, 15) is 14.4 Å². The molecule has 3 amide bonds. The lowest BCUT2D eigenvalue weighted by molar-refractivity contribution is -0.128. The molecule has 0 aromatic heterocycles. The Bertz CT molecular complexity index is 941. The second kappa shape index (κ2) is 7.95. The summed E-state index contributed by atoms with van der Waals surface area (Å²) < 4.78 is 5.76. The Labute approximate surface area is 169 Å². The van der Waals surface area contributed by atoms with Gasteiger partial charge in [-0.25, -0.2) is 0 Å². The third-order valence-electron chi connectivity index (χ3n) is 5.30. The number of hydrogen-bond acceptors (Lipinski definition) is 4. The summed E-state index contributed by atoms with van der Waals surface area (Å²) in [6.45, 7) is 1.48. The predicted molar refractivity (Wildman–Crippen MR) is 108 cm³/mol. The van der Waals surface area contributed by atoms with Gasteiger partial charge in [0.05, 0.1) is 12.2 Å². The van der Waals surface area contributed by atoms with E-state index in [4.69, 9.17) is 4.74 Å². The standard InChI is InChI=1S/C22H23N3O4/c1-23-21(27)19-14-25(17-5-2-3-6-18(17)29-19)22(28)16-10-8-15(9-11-16)13-24-12-4-7-20(24)26/h2-3,5-6,8-11,19H,4,7,12-14H2,1H3,(H,23,27)/t19-/m0/s1. The van der Waals surface area contributed by atoms with E-state index in [1.807, 2.05) is 29.2 Å². The van der Waals surface area contributed by atoms with Gasteiger partial charge in [0.15, 0.2) is 6.10 Å². The van der Waals surface area contributed by atoms with E-state index in [0.717, 1.165) is 18.5 Å². The molecule has 0 bridgehead atoms. The lowest BCUT2D eigenvalue weighted by Crippen LogP contribution is -2.50. The third-order valence-corrected chi connectivity index (χ3v) is 5.30. The monoisotopic (exact) mass is 393 g/mol. The number of nitrogens with one attached hydrogen (secondary N) is 1. The fraction of sp³-hybridized carbons (Fsp3) is 0.318. The number of nitrogens with zero attached hydrogens (tertiary/aromatic N) is 2. The van der Waals surface area contributed by atoms with Gasteiger partial charge in [-0.3, -0.25) is 14.4 Å². The molecule has 4 rings (SSSR count). The van der Waals surface area contributed by atoms with Gasteiger partial charge in [0, 0.05) is 32.1 Å². The number of carbonyl (C=O) groups is 3. The molecular formula is C22H23N3O4. The van der Waals surface area contributed by atoms with Gasteiger partial charge in [-0.15, -0.1) is 0 Å². The number of hydrogen-bond donors (Lipinski definition) is 1. The molecule has 2 heterocycles.